The molecule has 20 heavy (non-hydrogen) atoms. The highest BCUT2D eigenvalue weighted by molar-refractivity contribution is 6.07. The van der Waals surface area contributed by atoms with Crippen LogP contribution in [0.25, 0.3) is 0 Å². The lowest BCUT2D eigenvalue weighted by molar-refractivity contribution is 0.0696. The highest BCUT2D eigenvalue weighted by Crippen LogP contribution is 2.18. The van der Waals surface area contributed by atoms with Crippen LogP contribution in [0.4, 0.5) is 11.4 Å². The topological polar surface area (TPSA) is 96.5 Å². The lowest BCUT2D eigenvalue weighted by Crippen LogP contribution is -2.28. The van der Waals surface area contributed by atoms with Gasteiger partial charge in [0.2, 0.25) is 0 Å². The van der Waals surface area contributed by atoms with Crippen molar-refractivity contribution in [3.63, 3.8) is 0 Å². The Labute approximate surface area is 115 Å². The molecule has 0 aliphatic heterocycles. The molecule has 6 nitrogen and oxygen atoms in total. The molecule has 0 fully saturated rings. The molecule has 0 spiro atoms. The second-order valence-electron chi connectivity index (χ2n) is 4.16. The van der Waals surface area contributed by atoms with Crippen LogP contribution in [0.1, 0.15) is 20.8 Å². The van der Waals surface area contributed by atoms with Gasteiger partial charge in [-0.3, -0.25) is 4.79 Å². The quantitative estimate of drug-likeness (QED) is 0.884. The molecule has 0 atom stereocenters. The van der Waals surface area contributed by atoms with E-state index in [0.29, 0.717) is 11.4 Å². The van der Waals surface area contributed by atoms with Gasteiger partial charge in [-0.2, -0.15) is 0 Å². The van der Waals surface area contributed by atoms with Crippen LogP contribution in [-0.2, 0) is 0 Å². The van der Waals surface area contributed by atoms with Crippen molar-refractivity contribution >= 4 is 23.3 Å². The third-order valence-electron chi connectivity index (χ3n) is 2.85. The average Bonchev–Trinajstić information content (AvgIpc) is 2.46. The number of nitrogen functional groups attached to an aromatic ring is 1. The van der Waals surface area contributed by atoms with E-state index in [1.54, 1.807) is 31.3 Å². The Morgan fingerprint density at radius 3 is 2.40 bits per heavy atom. The van der Waals surface area contributed by atoms with Gasteiger partial charge >= 0.3 is 5.97 Å². The van der Waals surface area contributed by atoms with Gasteiger partial charge in [-0.25, -0.2) is 9.78 Å². The summed E-state index contributed by atoms with van der Waals surface area (Å²) in [7, 11) is 1.58. The van der Waals surface area contributed by atoms with Crippen molar-refractivity contribution in [3.05, 3.63) is 53.9 Å². The lowest BCUT2D eigenvalue weighted by atomic mass is 10.2. The summed E-state index contributed by atoms with van der Waals surface area (Å²) in [6.45, 7) is 0. The Hall–Kier alpha value is -2.89. The number of rotatable bonds is 3. The standard InChI is InChI=1S/C14H13N3O3/c1-17(10-6-4-9(5-7-10)14(19)20)13(18)12-11(15)3-2-8-16-12/h2-8H,15H2,1H3,(H,19,20). The summed E-state index contributed by atoms with van der Waals surface area (Å²) in [4.78, 5) is 28.4. The number of nitrogens with two attached hydrogens (primary N) is 1. The zero-order valence-electron chi connectivity index (χ0n) is 10.8. The molecule has 0 unspecified atom stereocenters. The van der Waals surface area contributed by atoms with Crippen molar-refractivity contribution in [1.82, 2.24) is 4.98 Å². The molecular weight excluding hydrogens is 258 g/mol. The number of anilines is 2. The molecule has 0 aliphatic carbocycles. The van der Waals surface area contributed by atoms with Gasteiger partial charge < -0.3 is 15.7 Å². The number of carbonyl (C=O) groups excluding carboxylic acids is 1. The first-order valence-corrected chi connectivity index (χ1v) is 5.82. The maximum atomic E-state index is 12.3. The first-order valence-electron chi connectivity index (χ1n) is 5.82. The molecule has 3 N–H and O–H groups in total. The number of hydrogen-bond acceptors (Lipinski definition) is 4. The molecule has 1 aromatic carbocycles. The lowest BCUT2D eigenvalue weighted by Gasteiger charge is -2.17. The summed E-state index contributed by atoms with van der Waals surface area (Å²) in [5.41, 5.74) is 6.89. The Morgan fingerprint density at radius 2 is 1.85 bits per heavy atom. The molecule has 1 amide bonds. The highest BCUT2D eigenvalue weighted by atomic mass is 16.4. The van der Waals surface area contributed by atoms with Crippen LogP contribution in [0.5, 0.6) is 0 Å². The molecule has 0 saturated heterocycles. The van der Waals surface area contributed by atoms with E-state index in [1.807, 2.05) is 0 Å². The van der Waals surface area contributed by atoms with Crippen molar-refractivity contribution < 1.29 is 14.7 Å². The second kappa shape index (κ2) is 5.40. The molecule has 0 saturated carbocycles. The van der Waals surface area contributed by atoms with Crippen molar-refractivity contribution in [2.24, 2.45) is 0 Å². The fourth-order valence-corrected chi connectivity index (χ4v) is 1.70. The first kappa shape index (κ1) is 13.5. The largest absolute Gasteiger partial charge is 0.478 e. The van der Waals surface area contributed by atoms with Gasteiger partial charge in [0.1, 0.15) is 0 Å². The predicted molar refractivity (Wildman–Crippen MR) is 74.8 cm³/mol. The van der Waals surface area contributed by atoms with E-state index in [0.717, 1.165) is 0 Å². The van der Waals surface area contributed by atoms with Crippen molar-refractivity contribution in [3.8, 4) is 0 Å². The number of aromatic carboxylic acids is 1. The van der Waals surface area contributed by atoms with Crippen LogP contribution < -0.4 is 10.6 Å². The van der Waals surface area contributed by atoms with Crippen molar-refractivity contribution in [1.29, 1.82) is 0 Å². The van der Waals surface area contributed by atoms with Gasteiger partial charge in [0.05, 0.1) is 11.3 Å². The molecule has 0 aliphatic rings. The number of benzene rings is 1. The number of aromatic nitrogens is 1. The molecule has 1 aromatic heterocycles. The number of amides is 1. The molecule has 0 radical (unpaired) electrons. The maximum Gasteiger partial charge on any atom is 0.335 e. The zero-order valence-corrected chi connectivity index (χ0v) is 10.8. The minimum Gasteiger partial charge on any atom is -0.478 e. The van der Waals surface area contributed by atoms with E-state index in [1.165, 1.54) is 23.2 Å². The van der Waals surface area contributed by atoms with Crippen LogP contribution in [0.3, 0.4) is 0 Å². The number of carboxylic acids is 1. The van der Waals surface area contributed by atoms with E-state index in [4.69, 9.17) is 10.8 Å². The van der Waals surface area contributed by atoms with Crippen LogP contribution in [-0.4, -0.2) is 29.0 Å². The monoisotopic (exact) mass is 271 g/mol. The first-order chi connectivity index (χ1) is 9.50. The van der Waals surface area contributed by atoms with Crippen LogP contribution in [0, 0.1) is 0 Å². The Morgan fingerprint density at radius 1 is 1.20 bits per heavy atom. The average molecular weight is 271 g/mol. The molecule has 1 heterocycles. The second-order valence-corrected chi connectivity index (χ2v) is 4.16. The van der Waals surface area contributed by atoms with Gasteiger partial charge in [0.25, 0.3) is 5.91 Å². The summed E-state index contributed by atoms with van der Waals surface area (Å²) < 4.78 is 0. The van der Waals surface area contributed by atoms with E-state index in [9.17, 15) is 9.59 Å². The summed E-state index contributed by atoms with van der Waals surface area (Å²) in [6, 6.07) is 9.22. The normalized spacial score (nSPS) is 10.1. The predicted octanol–water partition coefficient (Wildman–Crippen LogP) is 1.64. The molecule has 0 bridgehead atoms. The smallest absolute Gasteiger partial charge is 0.335 e. The Bertz CT molecular complexity index is 653. The summed E-state index contributed by atoms with van der Waals surface area (Å²) in [6.07, 6.45) is 1.49. The fraction of sp³-hybridized carbons (Fsp3) is 0.0714. The van der Waals surface area contributed by atoms with E-state index < -0.39 is 5.97 Å². The van der Waals surface area contributed by atoms with Crippen molar-refractivity contribution in [2.75, 3.05) is 17.7 Å². The van der Waals surface area contributed by atoms with Gasteiger partial charge in [-0.1, -0.05) is 0 Å². The SMILES string of the molecule is CN(C(=O)c1ncccc1N)c1ccc(C(=O)O)cc1. The Balaban J connectivity index is 2.27. The number of carbonyl (C=O) groups is 2. The van der Waals surface area contributed by atoms with Gasteiger partial charge in [-0.15, -0.1) is 0 Å². The molecule has 102 valence electrons. The number of pyridine rings is 1. The number of hydrogen-bond donors (Lipinski definition) is 2. The molecular formula is C14H13N3O3. The molecule has 6 heteroatoms. The van der Waals surface area contributed by atoms with E-state index in [2.05, 4.69) is 4.98 Å². The van der Waals surface area contributed by atoms with Gasteiger partial charge in [-0.05, 0) is 36.4 Å². The summed E-state index contributed by atoms with van der Waals surface area (Å²) in [5.74, 6) is -1.37. The number of nitrogens with zero attached hydrogens (tertiary/aromatic N) is 2. The van der Waals surface area contributed by atoms with E-state index >= 15 is 0 Å². The van der Waals surface area contributed by atoms with Crippen molar-refractivity contribution in [2.45, 2.75) is 0 Å². The van der Waals surface area contributed by atoms with Crippen LogP contribution in [0.2, 0.25) is 0 Å². The summed E-state index contributed by atoms with van der Waals surface area (Å²) in [5, 5.41) is 8.83. The maximum absolute atomic E-state index is 12.3. The van der Waals surface area contributed by atoms with Crippen LogP contribution in [0.15, 0.2) is 42.6 Å². The minimum atomic E-state index is -1.01. The third kappa shape index (κ3) is 2.59. The number of carboxylic acid groups (broad SMARTS) is 1. The summed E-state index contributed by atoms with van der Waals surface area (Å²) >= 11 is 0. The molecule has 2 rings (SSSR count). The molecule has 2 aromatic rings. The zero-order chi connectivity index (χ0) is 14.7. The fourth-order valence-electron chi connectivity index (χ4n) is 1.70. The van der Waals surface area contributed by atoms with Gasteiger partial charge in [0, 0.05) is 18.9 Å². The minimum absolute atomic E-state index is 0.159. The third-order valence-corrected chi connectivity index (χ3v) is 2.85. The Kier molecular flexibility index (Phi) is 3.65. The van der Waals surface area contributed by atoms with E-state index in [-0.39, 0.29) is 17.2 Å². The van der Waals surface area contributed by atoms with Crippen LogP contribution >= 0.6 is 0 Å². The highest BCUT2D eigenvalue weighted by Gasteiger charge is 2.17. The van der Waals surface area contributed by atoms with Gasteiger partial charge in [0.15, 0.2) is 5.69 Å².